The van der Waals surface area contributed by atoms with E-state index >= 15 is 0 Å². The van der Waals surface area contributed by atoms with E-state index < -0.39 is 11.9 Å². The molecule has 0 amide bonds. The molecule has 0 unspecified atom stereocenters. The van der Waals surface area contributed by atoms with Crippen LogP contribution >= 0.6 is 12.2 Å². The van der Waals surface area contributed by atoms with Crippen LogP contribution in [-0.4, -0.2) is 45.5 Å². The SMILES string of the molecule is Cc1ccc2c(c1)NC(=S)Cc1cnc(Nc3cc(CCN(C)C)cnc3C(F)(F)F)nc1-2. The van der Waals surface area contributed by atoms with E-state index in [-0.39, 0.29) is 11.6 Å². The van der Waals surface area contributed by atoms with Gasteiger partial charge in [-0.1, -0.05) is 24.4 Å². The second-order valence-electron chi connectivity index (χ2n) is 8.26. The zero-order valence-corrected chi connectivity index (χ0v) is 19.2. The molecule has 2 N–H and O–H groups in total. The molecule has 2 aromatic heterocycles. The highest BCUT2D eigenvalue weighted by Crippen LogP contribution is 2.36. The highest BCUT2D eigenvalue weighted by Gasteiger charge is 2.36. The number of thiocarbonyl (C=S) groups is 1. The predicted octanol–water partition coefficient (Wildman–Crippen LogP) is 5.01. The monoisotopic (exact) mass is 472 g/mol. The van der Waals surface area contributed by atoms with Crippen LogP contribution in [0.5, 0.6) is 0 Å². The Morgan fingerprint density at radius 1 is 1.15 bits per heavy atom. The highest BCUT2D eigenvalue weighted by molar-refractivity contribution is 7.80. The van der Waals surface area contributed by atoms with Gasteiger partial charge in [-0.15, -0.1) is 0 Å². The molecule has 3 aromatic rings. The first-order valence-electron chi connectivity index (χ1n) is 10.3. The van der Waals surface area contributed by atoms with Gasteiger partial charge in [-0.05, 0) is 50.7 Å². The number of hydrogen-bond donors (Lipinski definition) is 2. The van der Waals surface area contributed by atoms with E-state index in [1.807, 2.05) is 44.1 Å². The van der Waals surface area contributed by atoms with E-state index in [2.05, 4.69) is 25.6 Å². The zero-order chi connectivity index (χ0) is 23.8. The van der Waals surface area contributed by atoms with Gasteiger partial charge in [0.2, 0.25) is 5.95 Å². The predicted molar refractivity (Wildman–Crippen MR) is 127 cm³/mol. The maximum atomic E-state index is 13.6. The van der Waals surface area contributed by atoms with Gasteiger partial charge in [0, 0.05) is 42.2 Å². The Hall–Kier alpha value is -3.11. The summed E-state index contributed by atoms with van der Waals surface area (Å²) in [6, 6.07) is 7.30. The number of pyridine rings is 1. The Morgan fingerprint density at radius 3 is 2.67 bits per heavy atom. The number of rotatable bonds is 5. The Labute approximate surface area is 195 Å². The van der Waals surface area contributed by atoms with Crippen molar-refractivity contribution < 1.29 is 13.2 Å². The number of aromatic nitrogens is 3. The van der Waals surface area contributed by atoms with Gasteiger partial charge in [-0.2, -0.15) is 13.2 Å². The van der Waals surface area contributed by atoms with Crippen molar-refractivity contribution in [1.82, 2.24) is 19.9 Å². The van der Waals surface area contributed by atoms with Crippen molar-refractivity contribution >= 4 is 34.5 Å². The minimum absolute atomic E-state index is 0.0603. The largest absolute Gasteiger partial charge is 0.435 e. The number of benzene rings is 1. The lowest BCUT2D eigenvalue weighted by Gasteiger charge is -2.16. The third-order valence-electron chi connectivity index (χ3n) is 5.23. The topological polar surface area (TPSA) is 66.0 Å². The highest BCUT2D eigenvalue weighted by atomic mass is 32.1. The summed E-state index contributed by atoms with van der Waals surface area (Å²) in [4.78, 5) is 15.1. The Morgan fingerprint density at radius 2 is 1.94 bits per heavy atom. The van der Waals surface area contributed by atoms with Crippen LogP contribution in [0, 0.1) is 6.92 Å². The van der Waals surface area contributed by atoms with E-state index in [9.17, 15) is 13.2 Å². The van der Waals surface area contributed by atoms with Gasteiger partial charge >= 0.3 is 6.18 Å². The van der Waals surface area contributed by atoms with Crippen LogP contribution in [0.15, 0.2) is 36.7 Å². The molecule has 0 saturated heterocycles. The summed E-state index contributed by atoms with van der Waals surface area (Å²) in [5.41, 5.74) is 3.61. The molecule has 0 fully saturated rings. The molecule has 172 valence electrons. The molecule has 0 aliphatic carbocycles. The molecule has 0 atom stereocenters. The number of nitrogens with zero attached hydrogens (tertiary/aromatic N) is 4. The van der Waals surface area contributed by atoms with Gasteiger partial charge in [0.15, 0.2) is 5.69 Å². The first-order chi connectivity index (χ1) is 15.6. The molecule has 3 heterocycles. The summed E-state index contributed by atoms with van der Waals surface area (Å²) in [5, 5.41) is 5.98. The number of halogens is 3. The average molecular weight is 473 g/mol. The Kier molecular flexibility index (Phi) is 6.31. The lowest BCUT2D eigenvalue weighted by molar-refractivity contribution is -0.140. The quantitative estimate of drug-likeness (QED) is 0.506. The van der Waals surface area contributed by atoms with E-state index in [1.54, 1.807) is 6.20 Å². The molecule has 4 rings (SSSR count). The number of aryl methyl sites for hydroxylation is 1. The summed E-state index contributed by atoms with van der Waals surface area (Å²) < 4.78 is 40.9. The number of anilines is 3. The Balaban J connectivity index is 1.74. The molecule has 1 aromatic carbocycles. The van der Waals surface area contributed by atoms with E-state index in [1.165, 1.54) is 12.3 Å². The molecule has 0 spiro atoms. The van der Waals surface area contributed by atoms with Crippen molar-refractivity contribution in [3.8, 4) is 11.3 Å². The summed E-state index contributed by atoms with van der Waals surface area (Å²) in [5.74, 6) is 0.0603. The van der Waals surface area contributed by atoms with Crippen LogP contribution in [0.2, 0.25) is 0 Å². The summed E-state index contributed by atoms with van der Waals surface area (Å²) in [6.07, 6.45) is -0.749. The molecule has 1 aliphatic heterocycles. The van der Waals surface area contributed by atoms with Gasteiger partial charge in [-0.3, -0.25) is 0 Å². The van der Waals surface area contributed by atoms with E-state index in [0.29, 0.717) is 35.6 Å². The van der Waals surface area contributed by atoms with Crippen LogP contribution < -0.4 is 10.6 Å². The molecule has 0 radical (unpaired) electrons. The fourth-order valence-corrected chi connectivity index (χ4v) is 3.87. The maximum absolute atomic E-state index is 13.6. The van der Waals surface area contributed by atoms with Crippen molar-refractivity contribution in [3.05, 3.63) is 59.0 Å². The molecule has 10 heteroatoms. The normalized spacial score (nSPS) is 13.2. The molecule has 0 saturated carbocycles. The second-order valence-corrected chi connectivity index (χ2v) is 8.75. The molecular formula is C23H23F3N6S. The fraction of sp³-hybridized carbons (Fsp3) is 0.304. The van der Waals surface area contributed by atoms with Crippen molar-refractivity contribution in [2.45, 2.75) is 25.9 Å². The van der Waals surface area contributed by atoms with Crippen molar-refractivity contribution in [2.24, 2.45) is 0 Å². The minimum Gasteiger partial charge on any atom is -0.349 e. The summed E-state index contributed by atoms with van der Waals surface area (Å²) in [7, 11) is 3.81. The van der Waals surface area contributed by atoms with Gasteiger partial charge in [-0.25, -0.2) is 15.0 Å². The van der Waals surface area contributed by atoms with Crippen molar-refractivity contribution in [3.63, 3.8) is 0 Å². The fourth-order valence-electron chi connectivity index (χ4n) is 3.60. The Bertz CT molecular complexity index is 1210. The van der Waals surface area contributed by atoms with Crippen molar-refractivity contribution in [2.75, 3.05) is 31.3 Å². The maximum Gasteiger partial charge on any atom is 0.435 e. The lowest BCUT2D eigenvalue weighted by Crippen LogP contribution is -2.17. The zero-order valence-electron chi connectivity index (χ0n) is 18.4. The lowest BCUT2D eigenvalue weighted by atomic mass is 10.0. The van der Waals surface area contributed by atoms with Crippen LogP contribution in [-0.2, 0) is 19.0 Å². The molecule has 33 heavy (non-hydrogen) atoms. The molecular weight excluding hydrogens is 449 g/mol. The van der Waals surface area contributed by atoms with Crippen LogP contribution in [0.4, 0.5) is 30.5 Å². The van der Waals surface area contributed by atoms with Crippen LogP contribution in [0.25, 0.3) is 11.3 Å². The third kappa shape index (κ3) is 5.28. The first kappa shape index (κ1) is 23.1. The number of alkyl halides is 3. The number of fused-ring (bicyclic) bond motifs is 3. The van der Waals surface area contributed by atoms with Gasteiger partial charge < -0.3 is 15.5 Å². The molecule has 1 aliphatic rings. The van der Waals surface area contributed by atoms with Gasteiger partial charge in [0.05, 0.1) is 16.4 Å². The average Bonchev–Trinajstić information content (AvgIpc) is 2.86. The first-order valence-corrected chi connectivity index (χ1v) is 10.8. The number of nitrogens with one attached hydrogen (secondary N) is 2. The van der Waals surface area contributed by atoms with Gasteiger partial charge in [0.25, 0.3) is 0 Å². The standard InChI is InChI=1S/C23H23F3N6S/c1-13-4-5-16-17(8-13)29-19(33)10-15-12-28-22(31-20(15)16)30-18-9-14(6-7-32(2)3)11-27-21(18)23(24,25)26/h4-5,8-9,11-12H,6-7,10H2,1-3H3,(H,29,33)(H,28,30,31). The molecule has 0 bridgehead atoms. The second kappa shape index (κ2) is 9.03. The number of likely N-dealkylation sites (N-methyl/N-ethyl adjacent to an activating group) is 1. The molecule has 6 nitrogen and oxygen atoms in total. The van der Waals surface area contributed by atoms with Gasteiger partial charge in [0.1, 0.15) is 0 Å². The number of hydrogen-bond acceptors (Lipinski definition) is 6. The van der Waals surface area contributed by atoms with E-state index in [0.717, 1.165) is 22.4 Å². The van der Waals surface area contributed by atoms with Crippen LogP contribution in [0.3, 0.4) is 0 Å². The van der Waals surface area contributed by atoms with E-state index in [4.69, 9.17) is 12.2 Å². The summed E-state index contributed by atoms with van der Waals surface area (Å²) >= 11 is 5.42. The third-order valence-corrected chi connectivity index (χ3v) is 5.47. The summed E-state index contributed by atoms with van der Waals surface area (Å²) in [6.45, 7) is 2.66. The minimum atomic E-state index is -4.62. The van der Waals surface area contributed by atoms with Crippen molar-refractivity contribution in [1.29, 1.82) is 0 Å². The smallest absolute Gasteiger partial charge is 0.349 e. The van der Waals surface area contributed by atoms with Crippen LogP contribution in [0.1, 0.15) is 22.4 Å².